The minimum atomic E-state index is 0.0953. The lowest BCUT2D eigenvalue weighted by Gasteiger charge is -2.10. The maximum Gasteiger partial charge on any atom is 0.0716 e. The highest BCUT2D eigenvalue weighted by Gasteiger charge is 2.01. The van der Waals surface area contributed by atoms with Gasteiger partial charge in [-0.1, -0.05) is 48.5 Å². The second-order valence-electron chi connectivity index (χ2n) is 4.78. The zero-order valence-electron chi connectivity index (χ0n) is 11.8. The fourth-order valence-electron chi connectivity index (χ4n) is 2.13. The molecule has 0 amide bonds. The zero-order chi connectivity index (χ0) is 14.2. The molecule has 20 heavy (non-hydrogen) atoms. The van der Waals surface area contributed by atoms with E-state index in [4.69, 9.17) is 9.84 Å². The van der Waals surface area contributed by atoms with Gasteiger partial charge < -0.3 is 15.2 Å². The van der Waals surface area contributed by atoms with Crippen LogP contribution in [0.5, 0.6) is 0 Å². The number of hydrogen-bond donors (Lipinski definition) is 2. The van der Waals surface area contributed by atoms with Gasteiger partial charge >= 0.3 is 0 Å². The van der Waals surface area contributed by atoms with E-state index in [0.29, 0.717) is 6.61 Å². The molecule has 0 aromatic heterocycles. The summed E-state index contributed by atoms with van der Waals surface area (Å²) in [4.78, 5) is 0. The summed E-state index contributed by atoms with van der Waals surface area (Å²) < 4.78 is 5.21. The van der Waals surface area contributed by atoms with Crippen LogP contribution in [-0.4, -0.2) is 12.2 Å². The van der Waals surface area contributed by atoms with E-state index in [0.717, 1.165) is 18.7 Å². The van der Waals surface area contributed by atoms with Gasteiger partial charge in [-0.25, -0.2) is 0 Å². The minimum Gasteiger partial charge on any atom is -0.392 e. The number of hydrogen-bond acceptors (Lipinski definition) is 3. The second kappa shape index (κ2) is 7.80. The van der Waals surface area contributed by atoms with E-state index in [1.54, 1.807) is 7.11 Å². The highest BCUT2D eigenvalue weighted by molar-refractivity contribution is 5.27. The molecular weight excluding hydrogens is 250 g/mol. The molecule has 2 N–H and O–H groups in total. The third kappa shape index (κ3) is 4.17. The molecule has 106 valence electrons. The highest BCUT2D eigenvalue weighted by atomic mass is 16.5. The molecule has 2 aromatic rings. The SMILES string of the molecule is COCc1ccccc1CNCc1ccc(CO)cc1. The van der Waals surface area contributed by atoms with Gasteiger partial charge in [-0.3, -0.25) is 0 Å². The van der Waals surface area contributed by atoms with Gasteiger partial charge in [0.1, 0.15) is 0 Å². The molecule has 0 saturated carbocycles. The molecule has 2 aromatic carbocycles. The number of rotatable bonds is 7. The third-order valence-corrected chi connectivity index (χ3v) is 3.27. The first-order chi connectivity index (χ1) is 9.83. The molecule has 0 fully saturated rings. The molecule has 0 radical (unpaired) electrons. The van der Waals surface area contributed by atoms with Crippen molar-refractivity contribution in [2.24, 2.45) is 0 Å². The molecular formula is C17H21NO2. The van der Waals surface area contributed by atoms with Gasteiger partial charge in [0.2, 0.25) is 0 Å². The van der Waals surface area contributed by atoms with Crippen LogP contribution < -0.4 is 5.32 Å². The lowest BCUT2D eigenvalue weighted by atomic mass is 10.1. The quantitative estimate of drug-likeness (QED) is 0.813. The predicted molar refractivity (Wildman–Crippen MR) is 80.1 cm³/mol. The standard InChI is InChI=1S/C17H21NO2/c1-20-13-17-5-3-2-4-16(17)11-18-10-14-6-8-15(12-19)9-7-14/h2-9,18-19H,10-13H2,1H3. The van der Waals surface area contributed by atoms with Crippen LogP contribution in [0.4, 0.5) is 0 Å². The molecule has 3 nitrogen and oxygen atoms in total. The average Bonchev–Trinajstić information content (AvgIpc) is 2.50. The van der Waals surface area contributed by atoms with Crippen LogP contribution in [0.15, 0.2) is 48.5 Å². The van der Waals surface area contributed by atoms with Crippen LogP contribution in [0.1, 0.15) is 22.3 Å². The van der Waals surface area contributed by atoms with Gasteiger partial charge in [-0.2, -0.15) is 0 Å². The van der Waals surface area contributed by atoms with Crippen molar-refractivity contribution >= 4 is 0 Å². The van der Waals surface area contributed by atoms with Crippen molar-refractivity contribution in [3.8, 4) is 0 Å². The van der Waals surface area contributed by atoms with Crippen molar-refractivity contribution in [2.75, 3.05) is 7.11 Å². The number of aliphatic hydroxyl groups is 1. The Bertz CT molecular complexity index is 523. The Labute approximate surface area is 120 Å². The Hall–Kier alpha value is -1.68. The fourth-order valence-corrected chi connectivity index (χ4v) is 2.13. The number of benzene rings is 2. The Morgan fingerprint density at radius 3 is 2.20 bits per heavy atom. The molecule has 0 spiro atoms. The average molecular weight is 271 g/mol. The summed E-state index contributed by atoms with van der Waals surface area (Å²) in [5.41, 5.74) is 4.64. The van der Waals surface area contributed by atoms with Gasteiger partial charge in [0.15, 0.2) is 0 Å². The van der Waals surface area contributed by atoms with Crippen molar-refractivity contribution in [3.63, 3.8) is 0 Å². The van der Waals surface area contributed by atoms with E-state index >= 15 is 0 Å². The largest absolute Gasteiger partial charge is 0.392 e. The summed E-state index contributed by atoms with van der Waals surface area (Å²) in [6, 6.07) is 16.3. The first-order valence-electron chi connectivity index (χ1n) is 6.78. The summed E-state index contributed by atoms with van der Waals surface area (Å²) in [5.74, 6) is 0. The van der Waals surface area contributed by atoms with E-state index in [9.17, 15) is 0 Å². The number of aliphatic hydroxyl groups excluding tert-OH is 1. The van der Waals surface area contributed by atoms with Crippen molar-refractivity contribution in [3.05, 3.63) is 70.8 Å². The normalized spacial score (nSPS) is 10.7. The summed E-state index contributed by atoms with van der Waals surface area (Å²) in [7, 11) is 1.72. The van der Waals surface area contributed by atoms with Crippen LogP contribution in [0.25, 0.3) is 0 Å². The van der Waals surface area contributed by atoms with Gasteiger partial charge in [0, 0.05) is 20.2 Å². The molecule has 0 atom stereocenters. The van der Waals surface area contributed by atoms with Crippen LogP contribution in [0, 0.1) is 0 Å². The van der Waals surface area contributed by atoms with Crippen LogP contribution in [0.2, 0.25) is 0 Å². The van der Waals surface area contributed by atoms with E-state index in [1.807, 2.05) is 36.4 Å². The highest BCUT2D eigenvalue weighted by Crippen LogP contribution is 2.10. The summed E-state index contributed by atoms with van der Waals surface area (Å²) >= 11 is 0. The molecule has 0 unspecified atom stereocenters. The predicted octanol–water partition coefficient (Wildman–Crippen LogP) is 2.62. The van der Waals surface area contributed by atoms with E-state index in [2.05, 4.69) is 17.4 Å². The Kier molecular flexibility index (Phi) is 5.74. The lowest BCUT2D eigenvalue weighted by Crippen LogP contribution is -2.14. The van der Waals surface area contributed by atoms with Gasteiger partial charge in [0.05, 0.1) is 13.2 Å². The topological polar surface area (TPSA) is 41.5 Å². The molecule has 3 heteroatoms. The molecule has 0 saturated heterocycles. The minimum absolute atomic E-state index is 0.0953. The van der Waals surface area contributed by atoms with Crippen LogP contribution >= 0.6 is 0 Å². The molecule has 0 bridgehead atoms. The molecule has 0 aliphatic carbocycles. The maximum atomic E-state index is 9.01. The van der Waals surface area contributed by atoms with Gasteiger partial charge in [-0.15, -0.1) is 0 Å². The van der Waals surface area contributed by atoms with Crippen LogP contribution in [-0.2, 0) is 31.0 Å². The molecule has 0 aliphatic heterocycles. The van der Waals surface area contributed by atoms with Crippen molar-refractivity contribution in [1.29, 1.82) is 0 Å². The number of methoxy groups -OCH3 is 1. The Morgan fingerprint density at radius 2 is 1.55 bits per heavy atom. The van der Waals surface area contributed by atoms with Crippen molar-refractivity contribution in [1.82, 2.24) is 5.32 Å². The first-order valence-corrected chi connectivity index (χ1v) is 6.78. The van der Waals surface area contributed by atoms with E-state index in [-0.39, 0.29) is 6.61 Å². The van der Waals surface area contributed by atoms with E-state index < -0.39 is 0 Å². The first kappa shape index (κ1) is 14.7. The zero-order valence-corrected chi connectivity index (χ0v) is 11.8. The van der Waals surface area contributed by atoms with E-state index in [1.165, 1.54) is 16.7 Å². The second-order valence-corrected chi connectivity index (χ2v) is 4.78. The smallest absolute Gasteiger partial charge is 0.0716 e. The molecule has 2 rings (SSSR count). The summed E-state index contributed by atoms with van der Waals surface area (Å²) in [6.45, 7) is 2.37. The Morgan fingerprint density at radius 1 is 0.900 bits per heavy atom. The lowest BCUT2D eigenvalue weighted by molar-refractivity contribution is 0.184. The number of ether oxygens (including phenoxy) is 1. The van der Waals surface area contributed by atoms with Crippen molar-refractivity contribution in [2.45, 2.75) is 26.3 Å². The van der Waals surface area contributed by atoms with Gasteiger partial charge in [-0.05, 0) is 22.3 Å². The van der Waals surface area contributed by atoms with Gasteiger partial charge in [0.25, 0.3) is 0 Å². The maximum absolute atomic E-state index is 9.01. The number of nitrogens with one attached hydrogen (secondary N) is 1. The monoisotopic (exact) mass is 271 g/mol. The summed E-state index contributed by atoms with van der Waals surface area (Å²) in [5, 5.41) is 12.4. The molecule has 0 aliphatic rings. The van der Waals surface area contributed by atoms with Crippen LogP contribution in [0.3, 0.4) is 0 Å². The third-order valence-electron chi connectivity index (χ3n) is 3.27. The summed E-state index contributed by atoms with van der Waals surface area (Å²) in [6.07, 6.45) is 0. The molecule has 0 heterocycles. The fraction of sp³-hybridized carbons (Fsp3) is 0.294. The van der Waals surface area contributed by atoms with Crippen molar-refractivity contribution < 1.29 is 9.84 Å². The Balaban J connectivity index is 1.89.